The third-order valence-electron chi connectivity index (χ3n) is 5.31. The van der Waals surface area contributed by atoms with Crippen LogP contribution in [-0.4, -0.2) is 45.9 Å². The average molecular weight is 485 g/mol. The number of aromatic carboxylic acids is 1. The number of halogens is 1. The number of fused-ring (bicyclic) bond motifs is 1. The predicted molar refractivity (Wildman–Crippen MR) is 130 cm³/mol. The molecule has 0 amide bonds. The van der Waals surface area contributed by atoms with Crippen LogP contribution in [0.2, 0.25) is 0 Å². The van der Waals surface area contributed by atoms with Crippen LogP contribution in [0, 0.1) is 12.7 Å². The second-order valence-corrected chi connectivity index (χ2v) is 8.67. The summed E-state index contributed by atoms with van der Waals surface area (Å²) in [6.07, 6.45) is 2.20. The number of methoxy groups -OCH3 is 1. The van der Waals surface area contributed by atoms with Gasteiger partial charge in [-0.1, -0.05) is 6.92 Å². The highest BCUT2D eigenvalue weighted by atomic mass is 32.1. The van der Waals surface area contributed by atoms with Crippen LogP contribution in [-0.2, 0) is 6.54 Å². The molecule has 0 saturated heterocycles. The molecule has 10 heteroatoms. The van der Waals surface area contributed by atoms with Crippen LogP contribution in [0.1, 0.15) is 28.7 Å². The number of anilines is 1. The van der Waals surface area contributed by atoms with E-state index in [1.165, 1.54) is 12.4 Å². The number of rotatable bonds is 10. The molecular weight excluding hydrogens is 459 g/mol. The van der Waals surface area contributed by atoms with Gasteiger partial charge in [-0.2, -0.15) is 0 Å². The van der Waals surface area contributed by atoms with Gasteiger partial charge < -0.3 is 24.5 Å². The molecule has 0 spiro atoms. The van der Waals surface area contributed by atoms with Crippen molar-refractivity contribution >= 4 is 34.0 Å². The first-order chi connectivity index (χ1) is 16.4. The molecule has 178 valence electrons. The maximum Gasteiger partial charge on any atom is 0.349 e. The van der Waals surface area contributed by atoms with Gasteiger partial charge in [0.2, 0.25) is 0 Å². The van der Waals surface area contributed by atoms with E-state index in [-0.39, 0.29) is 10.7 Å². The zero-order valence-electron chi connectivity index (χ0n) is 19.1. The van der Waals surface area contributed by atoms with Gasteiger partial charge in [0.15, 0.2) is 4.88 Å². The summed E-state index contributed by atoms with van der Waals surface area (Å²) in [5, 5.41) is 13.5. The minimum absolute atomic E-state index is 0.143. The van der Waals surface area contributed by atoms with Crippen molar-refractivity contribution in [2.24, 2.45) is 0 Å². The lowest BCUT2D eigenvalue weighted by Gasteiger charge is -2.11. The molecule has 3 aromatic heterocycles. The highest BCUT2D eigenvalue weighted by Crippen LogP contribution is 2.36. The largest absolute Gasteiger partial charge is 0.496 e. The first-order valence-corrected chi connectivity index (χ1v) is 11.6. The van der Waals surface area contributed by atoms with Gasteiger partial charge in [0.1, 0.15) is 29.5 Å². The Hall–Kier alpha value is -3.66. The zero-order valence-corrected chi connectivity index (χ0v) is 19.9. The van der Waals surface area contributed by atoms with Crippen LogP contribution in [0.5, 0.6) is 11.5 Å². The Morgan fingerprint density at radius 3 is 2.79 bits per heavy atom. The third-order valence-corrected chi connectivity index (χ3v) is 6.44. The van der Waals surface area contributed by atoms with Gasteiger partial charge in [0, 0.05) is 36.3 Å². The smallest absolute Gasteiger partial charge is 0.349 e. The number of nitrogens with one attached hydrogen (secondary N) is 1. The van der Waals surface area contributed by atoms with Gasteiger partial charge in [0.05, 0.1) is 29.8 Å². The van der Waals surface area contributed by atoms with E-state index in [0.717, 1.165) is 28.8 Å². The van der Waals surface area contributed by atoms with Crippen LogP contribution in [0.15, 0.2) is 36.7 Å². The van der Waals surface area contributed by atoms with E-state index in [1.807, 2.05) is 24.5 Å². The molecule has 0 aliphatic carbocycles. The molecule has 2 N–H and O–H groups in total. The lowest BCUT2D eigenvalue weighted by molar-refractivity contribution is 0.0698. The number of thiophene rings is 1. The molecule has 0 fully saturated rings. The molecule has 4 aromatic rings. The molecule has 8 nitrogen and oxygen atoms in total. The number of hydrogen-bond acceptors (Lipinski definition) is 7. The van der Waals surface area contributed by atoms with E-state index in [2.05, 4.69) is 15.3 Å². The van der Waals surface area contributed by atoms with E-state index < -0.39 is 5.97 Å². The second kappa shape index (κ2) is 10.1. The van der Waals surface area contributed by atoms with Crippen LogP contribution in [0.25, 0.3) is 21.5 Å². The highest BCUT2D eigenvalue weighted by molar-refractivity contribution is 7.17. The first-order valence-electron chi connectivity index (χ1n) is 10.8. The quantitative estimate of drug-likeness (QED) is 0.319. The second-order valence-electron chi connectivity index (χ2n) is 7.62. The number of nitrogens with zero attached hydrogens (tertiary/aromatic N) is 3. The Bertz CT molecular complexity index is 1330. The SMILES string of the molecule is CCCOc1cc(-c2cc(NCCn3c(C)cc4c(OC)ccc(F)c43)ncn2)sc1C(=O)O. The summed E-state index contributed by atoms with van der Waals surface area (Å²) in [4.78, 5) is 21.0. The Morgan fingerprint density at radius 1 is 1.24 bits per heavy atom. The maximum absolute atomic E-state index is 14.6. The summed E-state index contributed by atoms with van der Waals surface area (Å²) in [7, 11) is 1.57. The molecule has 0 unspecified atom stereocenters. The molecule has 0 bridgehead atoms. The van der Waals surface area contributed by atoms with Crippen molar-refractivity contribution in [3.05, 3.63) is 53.0 Å². The molecule has 0 atom stereocenters. The van der Waals surface area contributed by atoms with E-state index >= 15 is 0 Å². The first kappa shape index (κ1) is 23.5. The number of carboxylic acids is 1. The van der Waals surface area contributed by atoms with Crippen molar-refractivity contribution in [2.45, 2.75) is 26.8 Å². The van der Waals surface area contributed by atoms with Crippen molar-refractivity contribution < 1.29 is 23.8 Å². The maximum atomic E-state index is 14.6. The monoisotopic (exact) mass is 484 g/mol. The molecule has 4 rings (SSSR count). The average Bonchev–Trinajstić information content (AvgIpc) is 3.40. The van der Waals surface area contributed by atoms with Gasteiger partial charge in [-0.25, -0.2) is 19.2 Å². The summed E-state index contributed by atoms with van der Waals surface area (Å²) >= 11 is 1.11. The number of benzene rings is 1. The molecule has 3 heterocycles. The number of hydrogen-bond donors (Lipinski definition) is 2. The summed E-state index contributed by atoms with van der Waals surface area (Å²) in [5.41, 5.74) is 2.01. The van der Waals surface area contributed by atoms with E-state index in [0.29, 0.717) is 53.1 Å². The fraction of sp³-hybridized carbons (Fsp3) is 0.292. The molecular formula is C24H25FN4O4S. The van der Waals surface area contributed by atoms with Gasteiger partial charge in [-0.3, -0.25) is 0 Å². The lowest BCUT2D eigenvalue weighted by atomic mass is 10.2. The summed E-state index contributed by atoms with van der Waals surface area (Å²) in [6, 6.07) is 8.40. The number of aryl methyl sites for hydroxylation is 1. The predicted octanol–water partition coefficient (Wildman–Crippen LogP) is 5.22. The summed E-state index contributed by atoms with van der Waals surface area (Å²) < 4.78 is 27.4. The lowest BCUT2D eigenvalue weighted by Crippen LogP contribution is -2.12. The van der Waals surface area contributed by atoms with E-state index in [1.54, 1.807) is 25.3 Å². The molecule has 0 saturated carbocycles. The van der Waals surface area contributed by atoms with Gasteiger partial charge >= 0.3 is 5.97 Å². The topological polar surface area (TPSA) is 98.5 Å². The Balaban J connectivity index is 1.52. The fourth-order valence-electron chi connectivity index (χ4n) is 3.76. The number of carbonyl (C=O) groups is 1. The fourth-order valence-corrected chi connectivity index (χ4v) is 4.67. The van der Waals surface area contributed by atoms with E-state index in [4.69, 9.17) is 9.47 Å². The van der Waals surface area contributed by atoms with Gasteiger partial charge in [-0.05, 0) is 31.5 Å². The van der Waals surface area contributed by atoms with Crippen molar-refractivity contribution in [1.82, 2.24) is 14.5 Å². The van der Waals surface area contributed by atoms with Crippen molar-refractivity contribution in [1.29, 1.82) is 0 Å². The van der Waals surface area contributed by atoms with Crippen molar-refractivity contribution in [3.8, 4) is 22.1 Å². The van der Waals surface area contributed by atoms with Crippen LogP contribution in [0.3, 0.4) is 0 Å². The van der Waals surface area contributed by atoms with Crippen LogP contribution < -0.4 is 14.8 Å². The third kappa shape index (κ3) is 4.67. The van der Waals surface area contributed by atoms with Crippen LogP contribution >= 0.6 is 11.3 Å². The van der Waals surface area contributed by atoms with E-state index in [9.17, 15) is 14.3 Å². The zero-order chi connectivity index (χ0) is 24.2. The number of carboxylic acid groups (broad SMARTS) is 1. The van der Waals surface area contributed by atoms with Gasteiger partial charge in [-0.15, -0.1) is 11.3 Å². The Labute approximate surface area is 200 Å². The Kier molecular flexibility index (Phi) is 6.97. The number of ether oxygens (including phenoxy) is 2. The Morgan fingerprint density at radius 2 is 2.06 bits per heavy atom. The molecule has 34 heavy (non-hydrogen) atoms. The molecule has 0 aliphatic rings. The minimum Gasteiger partial charge on any atom is -0.496 e. The molecule has 0 radical (unpaired) electrons. The highest BCUT2D eigenvalue weighted by Gasteiger charge is 2.19. The van der Waals surface area contributed by atoms with Crippen molar-refractivity contribution in [2.75, 3.05) is 25.6 Å². The molecule has 0 aliphatic heterocycles. The normalized spacial score (nSPS) is 11.1. The van der Waals surface area contributed by atoms with Gasteiger partial charge in [0.25, 0.3) is 0 Å². The summed E-state index contributed by atoms with van der Waals surface area (Å²) in [6.45, 7) is 5.33. The van der Waals surface area contributed by atoms with Crippen molar-refractivity contribution in [3.63, 3.8) is 0 Å². The standard InChI is InChI=1S/C24H25FN4O4S/c1-4-9-33-19-12-20(34-23(19)24(30)31)17-11-21(28-13-27-17)26-7-8-29-14(2)10-15-18(32-3)6-5-16(25)22(15)29/h5-6,10-13H,4,7-9H2,1-3H3,(H,30,31)(H,26,27,28). The molecule has 1 aromatic carbocycles. The number of aromatic nitrogens is 3. The van der Waals surface area contributed by atoms with Crippen LogP contribution in [0.4, 0.5) is 10.2 Å². The minimum atomic E-state index is -1.03. The summed E-state index contributed by atoms with van der Waals surface area (Å²) in [5.74, 6) is 0.216.